The van der Waals surface area contributed by atoms with Gasteiger partial charge in [0.25, 0.3) is 0 Å². The Morgan fingerprint density at radius 2 is 2.20 bits per heavy atom. The molecule has 4 heteroatoms. The van der Waals surface area contributed by atoms with Gasteiger partial charge >= 0.3 is 0 Å². The van der Waals surface area contributed by atoms with Gasteiger partial charge in [-0.05, 0) is 32.9 Å². The van der Waals surface area contributed by atoms with Crippen molar-refractivity contribution in [3.63, 3.8) is 0 Å². The molecular weight excluding hydrogens is 206 g/mol. The quantitative estimate of drug-likeness (QED) is 0.805. The molecule has 2 rings (SSSR count). The molecule has 1 aliphatic rings. The van der Waals surface area contributed by atoms with Gasteiger partial charge in [0.15, 0.2) is 0 Å². The van der Waals surface area contributed by atoms with Crippen LogP contribution in [0.15, 0.2) is 0 Å². The summed E-state index contributed by atoms with van der Waals surface area (Å²) in [6.45, 7) is 6.20. The summed E-state index contributed by atoms with van der Waals surface area (Å²) in [6, 6.07) is 0. The predicted molar refractivity (Wildman–Crippen MR) is 65.2 cm³/mol. The van der Waals surface area contributed by atoms with E-state index in [4.69, 9.17) is 0 Å². The number of hydrogen-bond acceptors (Lipinski definition) is 3. The van der Waals surface area contributed by atoms with Crippen LogP contribution in [0.25, 0.3) is 0 Å². The fourth-order valence-corrected chi connectivity index (χ4v) is 2.60. The number of rotatable bonds is 5. The average molecular weight is 225 g/mol. The first-order valence-corrected chi connectivity index (χ1v) is 6.66. The van der Waals surface area contributed by atoms with Crippen molar-refractivity contribution in [2.75, 3.05) is 12.8 Å². The first-order chi connectivity index (χ1) is 7.17. The van der Waals surface area contributed by atoms with Crippen molar-refractivity contribution in [1.29, 1.82) is 0 Å². The lowest BCUT2D eigenvalue weighted by molar-refractivity contribution is 0.659. The van der Waals surface area contributed by atoms with Gasteiger partial charge in [-0.25, -0.2) is 0 Å². The van der Waals surface area contributed by atoms with Gasteiger partial charge in [-0.15, -0.1) is 0 Å². The van der Waals surface area contributed by atoms with Crippen LogP contribution in [0.2, 0.25) is 0 Å². The molecule has 0 radical (unpaired) electrons. The van der Waals surface area contributed by atoms with E-state index in [1.165, 1.54) is 24.1 Å². The average Bonchev–Trinajstić information content (AvgIpc) is 2.95. The summed E-state index contributed by atoms with van der Waals surface area (Å²) < 4.78 is 0.547. The number of aryl methyl sites for hydroxylation is 2. The highest BCUT2D eigenvalue weighted by atomic mass is 32.2. The molecule has 15 heavy (non-hydrogen) atoms. The van der Waals surface area contributed by atoms with Crippen molar-refractivity contribution >= 4 is 11.8 Å². The first kappa shape index (κ1) is 11.0. The lowest BCUT2D eigenvalue weighted by Gasteiger charge is -2.12. The topological polar surface area (TPSA) is 40.7 Å². The normalized spacial score (nSPS) is 18.1. The van der Waals surface area contributed by atoms with Gasteiger partial charge in [-0.1, -0.05) is 0 Å². The Balaban J connectivity index is 1.83. The van der Waals surface area contributed by atoms with E-state index in [2.05, 4.69) is 35.6 Å². The molecule has 0 unspecified atom stereocenters. The zero-order valence-corrected chi connectivity index (χ0v) is 10.5. The molecule has 1 heterocycles. The molecular formula is C11H19N3S. The summed E-state index contributed by atoms with van der Waals surface area (Å²) in [4.78, 5) is 0. The number of thioether (sulfide) groups is 1. The molecule has 0 spiro atoms. The second-order valence-electron chi connectivity index (χ2n) is 4.40. The SMILES string of the molecule is CSC1(CNCc2c(C)n[nH]c2C)CC1. The highest BCUT2D eigenvalue weighted by molar-refractivity contribution is 8.00. The molecule has 1 saturated carbocycles. The molecule has 0 atom stereocenters. The third-order valence-electron chi connectivity index (χ3n) is 3.27. The molecule has 1 aromatic heterocycles. The summed E-state index contributed by atoms with van der Waals surface area (Å²) >= 11 is 2.00. The Morgan fingerprint density at radius 3 is 2.67 bits per heavy atom. The number of aromatic nitrogens is 2. The van der Waals surface area contributed by atoms with Gasteiger partial charge in [0.05, 0.1) is 5.69 Å². The maximum atomic E-state index is 4.20. The summed E-state index contributed by atoms with van der Waals surface area (Å²) in [5.41, 5.74) is 3.63. The molecule has 1 aromatic rings. The summed E-state index contributed by atoms with van der Waals surface area (Å²) in [5, 5.41) is 10.8. The van der Waals surface area contributed by atoms with Crippen LogP contribution in [0.5, 0.6) is 0 Å². The molecule has 84 valence electrons. The Morgan fingerprint density at radius 1 is 1.47 bits per heavy atom. The second kappa shape index (κ2) is 4.18. The minimum Gasteiger partial charge on any atom is -0.311 e. The number of aromatic amines is 1. The zero-order chi connectivity index (χ0) is 10.9. The van der Waals surface area contributed by atoms with Gasteiger partial charge in [-0.3, -0.25) is 5.10 Å². The van der Waals surface area contributed by atoms with E-state index >= 15 is 0 Å². The lowest BCUT2D eigenvalue weighted by atomic mass is 10.2. The summed E-state index contributed by atoms with van der Waals surface area (Å²) in [5.74, 6) is 0. The van der Waals surface area contributed by atoms with Crippen molar-refractivity contribution in [1.82, 2.24) is 15.5 Å². The van der Waals surface area contributed by atoms with Crippen LogP contribution in [0, 0.1) is 13.8 Å². The minimum absolute atomic E-state index is 0.547. The van der Waals surface area contributed by atoms with Crippen molar-refractivity contribution in [2.24, 2.45) is 0 Å². The molecule has 1 fully saturated rings. The van der Waals surface area contributed by atoms with Gasteiger partial charge < -0.3 is 5.32 Å². The lowest BCUT2D eigenvalue weighted by Crippen LogP contribution is -2.25. The van der Waals surface area contributed by atoms with E-state index < -0.39 is 0 Å². The molecule has 0 aliphatic heterocycles. The van der Waals surface area contributed by atoms with E-state index in [0.29, 0.717) is 4.75 Å². The number of hydrogen-bond donors (Lipinski definition) is 2. The van der Waals surface area contributed by atoms with Crippen LogP contribution in [0.4, 0.5) is 0 Å². The molecule has 3 nitrogen and oxygen atoms in total. The maximum absolute atomic E-state index is 4.20. The maximum Gasteiger partial charge on any atom is 0.0638 e. The monoisotopic (exact) mass is 225 g/mol. The molecule has 0 amide bonds. The standard InChI is InChI=1S/C11H19N3S/c1-8-10(9(2)14-13-8)6-12-7-11(15-3)4-5-11/h12H,4-7H2,1-3H3,(H,13,14). The summed E-state index contributed by atoms with van der Waals surface area (Å²) in [7, 11) is 0. The van der Waals surface area contributed by atoms with E-state index in [1.54, 1.807) is 0 Å². The molecule has 0 bridgehead atoms. The predicted octanol–water partition coefficient (Wildman–Crippen LogP) is 2.01. The van der Waals surface area contributed by atoms with Crippen molar-refractivity contribution in [2.45, 2.75) is 38.0 Å². The van der Waals surface area contributed by atoms with Crippen LogP contribution < -0.4 is 5.32 Å². The van der Waals surface area contributed by atoms with Gasteiger partial charge in [0, 0.05) is 29.1 Å². The zero-order valence-electron chi connectivity index (χ0n) is 9.68. The third-order valence-corrected chi connectivity index (χ3v) is 4.69. The van der Waals surface area contributed by atoms with E-state index in [9.17, 15) is 0 Å². The van der Waals surface area contributed by atoms with Crippen molar-refractivity contribution in [3.05, 3.63) is 17.0 Å². The molecule has 1 aliphatic carbocycles. The number of H-pyrrole nitrogens is 1. The van der Waals surface area contributed by atoms with E-state index in [1.807, 2.05) is 11.8 Å². The Hall–Kier alpha value is -0.480. The fraction of sp³-hybridized carbons (Fsp3) is 0.727. The minimum atomic E-state index is 0.547. The van der Waals surface area contributed by atoms with Crippen LogP contribution in [-0.4, -0.2) is 27.7 Å². The largest absolute Gasteiger partial charge is 0.311 e. The fourth-order valence-electron chi connectivity index (χ4n) is 1.84. The van der Waals surface area contributed by atoms with Crippen LogP contribution in [-0.2, 0) is 6.54 Å². The van der Waals surface area contributed by atoms with E-state index in [-0.39, 0.29) is 0 Å². The van der Waals surface area contributed by atoms with Gasteiger partial charge in [0.2, 0.25) is 0 Å². The Labute approximate surface area is 95.4 Å². The first-order valence-electron chi connectivity index (χ1n) is 5.43. The van der Waals surface area contributed by atoms with E-state index in [0.717, 1.165) is 18.8 Å². The Bertz CT molecular complexity index is 322. The summed E-state index contributed by atoms with van der Waals surface area (Å²) in [6.07, 6.45) is 4.94. The molecule has 2 N–H and O–H groups in total. The van der Waals surface area contributed by atoms with Crippen molar-refractivity contribution < 1.29 is 0 Å². The van der Waals surface area contributed by atoms with Crippen LogP contribution in [0.1, 0.15) is 29.8 Å². The highest BCUT2D eigenvalue weighted by Gasteiger charge is 2.41. The number of nitrogens with zero attached hydrogens (tertiary/aromatic N) is 1. The Kier molecular flexibility index (Phi) is 3.07. The van der Waals surface area contributed by atoms with Crippen molar-refractivity contribution in [3.8, 4) is 0 Å². The third kappa shape index (κ3) is 2.37. The van der Waals surface area contributed by atoms with Gasteiger partial charge in [-0.2, -0.15) is 16.9 Å². The molecule has 0 aromatic carbocycles. The number of nitrogens with one attached hydrogen (secondary N) is 2. The highest BCUT2D eigenvalue weighted by Crippen LogP contribution is 2.46. The van der Waals surface area contributed by atoms with Gasteiger partial charge in [0.1, 0.15) is 0 Å². The molecule has 0 saturated heterocycles. The van der Waals surface area contributed by atoms with Crippen LogP contribution in [0.3, 0.4) is 0 Å². The second-order valence-corrected chi connectivity index (χ2v) is 5.68. The smallest absolute Gasteiger partial charge is 0.0638 e. The van der Waals surface area contributed by atoms with Crippen LogP contribution >= 0.6 is 11.8 Å².